The molecule has 2 atom stereocenters. The van der Waals surface area contributed by atoms with Gasteiger partial charge in [-0.1, -0.05) is 11.6 Å². The van der Waals surface area contributed by atoms with Gasteiger partial charge in [-0.15, -0.1) is 11.6 Å². The van der Waals surface area contributed by atoms with Gasteiger partial charge in [0.15, 0.2) is 0 Å². The molecular formula is C9H11Cl2NO2. The normalized spacial score (nSPS) is 15.2. The van der Waals surface area contributed by atoms with Crippen molar-refractivity contribution in [1.82, 2.24) is 4.98 Å². The predicted molar refractivity (Wildman–Crippen MR) is 55.7 cm³/mol. The lowest BCUT2D eigenvalue weighted by Gasteiger charge is -2.16. The van der Waals surface area contributed by atoms with Crippen LogP contribution in [0.2, 0.25) is 5.15 Å². The molecule has 14 heavy (non-hydrogen) atoms. The molecule has 1 aromatic heterocycles. The molecule has 2 unspecified atom stereocenters. The Labute approximate surface area is 92.3 Å². The molecule has 1 aromatic rings. The molecule has 0 saturated heterocycles. The Hall–Kier alpha value is -0.350. The van der Waals surface area contributed by atoms with Crippen LogP contribution >= 0.6 is 23.2 Å². The third kappa shape index (κ3) is 2.58. The van der Waals surface area contributed by atoms with E-state index in [0.29, 0.717) is 5.56 Å². The molecule has 0 aromatic carbocycles. The zero-order chi connectivity index (χ0) is 10.7. The Morgan fingerprint density at radius 2 is 2.14 bits per heavy atom. The van der Waals surface area contributed by atoms with Crippen LogP contribution in [0.5, 0.6) is 0 Å². The monoisotopic (exact) mass is 235 g/mol. The first kappa shape index (κ1) is 11.7. The summed E-state index contributed by atoms with van der Waals surface area (Å²) in [5.41, 5.74) is 1.27. The fourth-order valence-electron chi connectivity index (χ4n) is 1.07. The lowest BCUT2D eigenvalue weighted by Crippen LogP contribution is -2.20. The van der Waals surface area contributed by atoms with Gasteiger partial charge in [-0.25, -0.2) is 4.98 Å². The van der Waals surface area contributed by atoms with Crippen LogP contribution in [0.15, 0.2) is 12.3 Å². The fraction of sp³-hybridized carbons (Fsp3) is 0.444. The van der Waals surface area contributed by atoms with Crippen molar-refractivity contribution in [1.29, 1.82) is 0 Å². The molecule has 0 spiro atoms. The summed E-state index contributed by atoms with van der Waals surface area (Å²) < 4.78 is 0. The van der Waals surface area contributed by atoms with Crippen LogP contribution in [0.1, 0.15) is 17.2 Å². The zero-order valence-electron chi connectivity index (χ0n) is 7.61. The lowest BCUT2D eigenvalue weighted by atomic mass is 10.1. The van der Waals surface area contributed by atoms with E-state index >= 15 is 0 Å². The minimum atomic E-state index is -1.09. The molecular weight excluding hydrogens is 225 g/mol. The van der Waals surface area contributed by atoms with Crippen molar-refractivity contribution in [2.75, 3.05) is 5.88 Å². The van der Waals surface area contributed by atoms with Gasteiger partial charge in [0.2, 0.25) is 0 Å². The second-order valence-electron chi connectivity index (χ2n) is 3.06. The second kappa shape index (κ2) is 4.94. The molecule has 0 aliphatic carbocycles. The Balaban J connectivity index is 2.99. The van der Waals surface area contributed by atoms with Gasteiger partial charge in [0.1, 0.15) is 11.3 Å². The van der Waals surface area contributed by atoms with E-state index in [1.54, 1.807) is 12.3 Å². The Morgan fingerprint density at radius 3 is 2.71 bits per heavy atom. The molecule has 0 saturated carbocycles. The predicted octanol–water partition coefficient (Wildman–Crippen LogP) is 1.68. The number of aliphatic hydroxyl groups is 2. The van der Waals surface area contributed by atoms with Crippen molar-refractivity contribution in [3.8, 4) is 0 Å². The van der Waals surface area contributed by atoms with E-state index < -0.39 is 12.2 Å². The smallest absolute Gasteiger partial charge is 0.134 e. The first-order valence-corrected chi connectivity index (χ1v) is 5.01. The Kier molecular flexibility index (Phi) is 4.13. The van der Waals surface area contributed by atoms with Crippen LogP contribution in [-0.2, 0) is 0 Å². The fourth-order valence-corrected chi connectivity index (χ4v) is 1.46. The molecule has 0 radical (unpaired) electrons. The van der Waals surface area contributed by atoms with Gasteiger partial charge in [-0.3, -0.25) is 0 Å². The maximum Gasteiger partial charge on any atom is 0.134 e. The zero-order valence-corrected chi connectivity index (χ0v) is 9.13. The van der Waals surface area contributed by atoms with Gasteiger partial charge in [-0.05, 0) is 18.6 Å². The first-order chi connectivity index (χ1) is 6.56. The quantitative estimate of drug-likeness (QED) is 0.620. The molecule has 0 amide bonds. The van der Waals surface area contributed by atoms with Crippen molar-refractivity contribution < 1.29 is 10.2 Å². The number of halogens is 2. The molecule has 3 nitrogen and oxygen atoms in total. The van der Waals surface area contributed by atoms with E-state index in [9.17, 15) is 10.2 Å². The summed E-state index contributed by atoms with van der Waals surface area (Å²) in [6.07, 6.45) is -0.531. The maximum absolute atomic E-state index is 9.64. The van der Waals surface area contributed by atoms with Gasteiger partial charge >= 0.3 is 0 Å². The standard InChI is InChI=1S/C9H11Cl2NO2/c1-5-2-6(9(11)12-4-5)8(14)7(13)3-10/h2,4,7-8,13-14H,3H2,1H3. The Bertz CT molecular complexity index is 320. The molecule has 5 heteroatoms. The molecule has 0 aliphatic rings. The van der Waals surface area contributed by atoms with E-state index in [2.05, 4.69) is 4.98 Å². The van der Waals surface area contributed by atoms with E-state index in [-0.39, 0.29) is 11.0 Å². The van der Waals surface area contributed by atoms with E-state index in [1.165, 1.54) is 0 Å². The summed E-state index contributed by atoms with van der Waals surface area (Å²) in [4.78, 5) is 3.87. The SMILES string of the molecule is Cc1cnc(Cl)c(C(O)C(O)CCl)c1. The van der Waals surface area contributed by atoms with Gasteiger partial charge < -0.3 is 10.2 Å². The largest absolute Gasteiger partial charge is 0.389 e. The number of hydrogen-bond donors (Lipinski definition) is 2. The number of alkyl halides is 1. The molecule has 2 N–H and O–H groups in total. The van der Waals surface area contributed by atoms with Gasteiger partial charge in [0.25, 0.3) is 0 Å². The van der Waals surface area contributed by atoms with Crippen LogP contribution in [0.4, 0.5) is 0 Å². The van der Waals surface area contributed by atoms with Gasteiger partial charge in [-0.2, -0.15) is 0 Å². The van der Waals surface area contributed by atoms with Crippen molar-refractivity contribution in [2.24, 2.45) is 0 Å². The van der Waals surface area contributed by atoms with Crippen molar-refractivity contribution in [2.45, 2.75) is 19.1 Å². The molecule has 0 aliphatic heterocycles. The minimum absolute atomic E-state index is 0.0502. The van der Waals surface area contributed by atoms with Crippen LogP contribution < -0.4 is 0 Å². The van der Waals surface area contributed by atoms with Gasteiger partial charge in [0, 0.05) is 11.8 Å². The van der Waals surface area contributed by atoms with Crippen LogP contribution in [0.25, 0.3) is 0 Å². The average molecular weight is 236 g/mol. The summed E-state index contributed by atoms with van der Waals surface area (Å²) >= 11 is 11.2. The highest BCUT2D eigenvalue weighted by Gasteiger charge is 2.20. The average Bonchev–Trinajstić information content (AvgIpc) is 2.19. The van der Waals surface area contributed by atoms with Crippen molar-refractivity contribution in [3.63, 3.8) is 0 Å². The number of rotatable bonds is 3. The van der Waals surface area contributed by atoms with Gasteiger partial charge in [0.05, 0.1) is 12.0 Å². The van der Waals surface area contributed by atoms with Crippen LogP contribution in [0, 0.1) is 6.92 Å². The summed E-state index contributed by atoms with van der Waals surface area (Å²) in [5.74, 6) is -0.0502. The van der Waals surface area contributed by atoms with E-state index in [1.807, 2.05) is 6.92 Å². The highest BCUT2D eigenvalue weighted by atomic mass is 35.5. The van der Waals surface area contributed by atoms with Crippen LogP contribution in [-0.4, -0.2) is 27.2 Å². The molecule has 1 rings (SSSR count). The molecule has 78 valence electrons. The number of aliphatic hydroxyl groups excluding tert-OH is 2. The molecule has 1 heterocycles. The third-order valence-electron chi connectivity index (χ3n) is 1.84. The highest BCUT2D eigenvalue weighted by molar-refractivity contribution is 6.30. The van der Waals surface area contributed by atoms with Crippen molar-refractivity contribution in [3.05, 3.63) is 28.5 Å². The van der Waals surface area contributed by atoms with Crippen LogP contribution in [0.3, 0.4) is 0 Å². The summed E-state index contributed by atoms with van der Waals surface area (Å²) in [6.45, 7) is 1.83. The second-order valence-corrected chi connectivity index (χ2v) is 3.73. The number of pyridine rings is 1. The summed E-state index contributed by atoms with van der Waals surface area (Å²) in [6, 6.07) is 1.68. The topological polar surface area (TPSA) is 53.4 Å². The summed E-state index contributed by atoms with van der Waals surface area (Å²) in [7, 11) is 0. The number of aryl methyl sites for hydroxylation is 1. The maximum atomic E-state index is 9.64. The first-order valence-electron chi connectivity index (χ1n) is 4.10. The lowest BCUT2D eigenvalue weighted by molar-refractivity contribution is 0.0325. The van der Waals surface area contributed by atoms with Crippen molar-refractivity contribution >= 4 is 23.2 Å². The highest BCUT2D eigenvalue weighted by Crippen LogP contribution is 2.24. The number of nitrogens with zero attached hydrogens (tertiary/aromatic N) is 1. The number of aromatic nitrogens is 1. The number of hydrogen-bond acceptors (Lipinski definition) is 3. The molecule has 0 bridgehead atoms. The minimum Gasteiger partial charge on any atom is -0.389 e. The van der Waals surface area contributed by atoms with E-state index in [0.717, 1.165) is 5.56 Å². The third-order valence-corrected chi connectivity index (χ3v) is 2.48. The summed E-state index contributed by atoms with van der Waals surface area (Å²) in [5, 5.41) is 19.1. The Morgan fingerprint density at radius 1 is 1.50 bits per heavy atom. The van der Waals surface area contributed by atoms with E-state index in [4.69, 9.17) is 23.2 Å². The molecule has 0 fully saturated rings.